The van der Waals surface area contributed by atoms with Gasteiger partial charge in [-0.1, -0.05) is 6.92 Å². The number of thioether (sulfide) groups is 1. The largest absolute Gasteiger partial charge is 0.316 e. The fourth-order valence-electron chi connectivity index (χ4n) is 2.84. The van der Waals surface area contributed by atoms with Gasteiger partial charge in [-0.15, -0.1) is 23.1 Å². The molecule has 3 nitrogen and oxygen atoms in total. The fourth-order valence-corrected chi connectivity index (χ4v) is 4.93. The van der Waals surface area contributed by atoms with Gasteiger partial charge in [-0.3, -0.25) is 4.79 Å². The first-order valence-corrected chi connectivity index (χ1v) is 9.70. The average molecular weight is 378 g/mol. The SMILES string of the molecule is C[C@H]1CCc2c(sc(NC(=O)CSc3ccc(F)c(F)c3)c2C#N)C1. The number of benzene rings is 1. The summed E-state index contributed by atoms with van der Waals surface area (Å²) in [5, 5.41) is 12.8. The van der Waals surface area contributed by atoms with Gasteiger partial charge in [0.1, 0.15) is 11.1 Å². The molecule has 0 saturated carbocycles. The van der Waals surface area contributed by atoms with Crippen LogP contribution >= 0.6 is 23.1 Å². The number of amides is 1. The Morgan fingerprint density at radius 2 is 2.24 bits per heavy atom. The van der Waals surface area contributed by atoms with E-state index in [9.17, 15) is 18.8 Å². The topological polar surface area (TPSA) is 52.9 Å². The van der Waals surface area contributed by atoms with Gasteiger partial charge in [-0.05, 0) is 48.9 Å². The Morgan fingerprint density at radius 3 is 2.96 bits per heavy atom. The number of nitrogens with zero attached hydrogens (tertiary/aromatic N) is 1. The van der Waals surface area contributed by atoms with Crippen LogP contribution in [0.3, 0.4) is 0 Å². The molecule has 0 bridgehead atoms. The van der Waals surface area contributed by atoms with Crippen LogP contribution in [0.15, 0.2) is 23.1 Å². The Morgan fingerprint density at radius 1 is 1.44 bits per heavy atom. The maximum absolute atomic E-state index is 13.2. The third kappa shape index (κ3) is 4.02. The summed E-state index contributed by atoms with van der Waals surface area (Å²) in [5.74, 6) is -1.46. The van der Waals surface area contributed by atoms with Crippen molar-refractivity contribution in [3.8, 4) is 6.07 Å². The summed E-state index contributed by atoms with van der Waals surface area (Å²) in [6, 6.07) is 5.75. The van der Waals surface area contributed by atoms with Crippen LogP contribution in [-0.4, -0.2) is 11.7 Å². The molecule has 1 aromatic carbocycles. The van der Waals surface area contributed by atoms with Crippen LogP contribution in [-0.2, 0) is 17.6 Å². The van der Waals surface area contributed by atoms with Crippen molar-refractivity contribution in [3.05, 3.63) is 45.8 Å². The van der Waals surface area contributed by atoms with E-state index in [1.54, 1.807) is 0 Å². The molecule has 0 radical (unpaired) electrons. The number of fused-ring (bicyclic) bond motifs is 1. The van der Waals surface area contributed by atoms with Crippen molar-refractivity contribution in [1.82, 2.24) is 0 Å². The molecule has 0 spiro atoms. The molecular formula is C18H16F2N2OS2. The average Bonchev–Trinajstić information content (AvgIpc) is 2.91. The van der Waals surface area contributed by atoms with E-state index < -0.39 is 11.6 Å². The maximum atomic E-state index is 13.2. The first kappa shape index (κ1) is 17.9. The molecule has 7 heteroatoms. The number of hydrogen-bond donors (Lipinski definition) is 1. The van der Waals surface area contributed by atoms with Crippen LogP contribution in [0.2, 0.25) is 0 Å². The monoisotopic (exact) mass is 378 g/mol. The lowest BCUT2D eigenvalue weighted by Crippen LogP contribution is -2.14. The van der Waals surface area contributed by atoms with Crippen molar-refractivity contribution < 1.29 is 13.6 Å². The third-order valence-corrected chi connectivity index (χ3v) is 6.30. The number of nitriles is 1. The number of thiophene rings is 1. The minimum Gasteiger partial charge on any atom is -0.316 e. The number of nitrogens with one attached hydrogen (secondary N) is 1. The standard InChI is InChI=1S/C18H16F2N2OS2/c1-10-2-4-12-13(8-21)18(25-16(12)6-10)22-17(23)9-24-11-3-5-14(19)15(20)7-11/h3,5,7,10H,2,4,6,9H2,1H3,(H,22,23)/t10-/m0/s1. The van der Waals surface area contributed by atoms with Crippen molar-refractivity contribution in [1.29, 1.82) is 5.26 Å². The van der Waals surface area contributed by atoms with Gasteiger partial charge in [0.05, 0.1) is 11.3 Å². The van der Waals surface area contributed by atoms with Crippen molar-refractivity contribution in [3.63, 3.8) is 0 Å². The van der Waals surface area contributed by atoms with Gasteiger partial charge in [0, 0.05) is 9.77 Å². The lowest BCUT2D eigenvalue weighted by molar-refractivity contribution is -0.113. The Kier molecular flexibility index (Phi) is 5.40. The highest BCUT2D eigenvalue weighted by Crippen LogP contribution is 2.39. The number of halogens is 2. The predicted molar refractivity (Wildman–Crippen MR) is 95.9 cm³/mol. The van der Waals surface area contributed by atoms with Gasteiger partial charge in [-0.2, -0.15) is 5.26 Å². The quantitative estimate of drug-likeness (QED) is 0.781. The van der Waals surface area contributed by atoms with E-state index in [1.807, 2.05) is 0 Å². The molecule has 1 amide bonds. The molecule has 25 heavy (non-hydrogen) atoms. The van der Waals surface area contributed by atoms with Crippen molar-refractivity contribution in [2.75, 3.05) is 11.1 Å². The van der Waals surface area contributed by atoms with Crippen molar-refractivity contribution in [2.24, 2.45) is 5.92 Å². The van der Waals surface area contributed by atoms with E-state index in [0.717, 1.165) is 48.7 Å². The van der Waals surface area contributed by atoms with Gasteiger partial charge in [-0.25, -0.2) is 8.78 Å². The minimum atomic E-state index is -0.933. The first-order valence-electron chi connectivity index (χ1n) is 7.90. The second kappa shape index (κ2) is 7.54. The highest BCUT2D eigenvalue weighted by atomic mass is 32.2. The molecule has 0 fully saturated rings. The molecule has 1 aliphatic rings. The molecule has 0 saturated heterocycles. The zero-order valence-corrected chi connectivity index (χ0v) is 15.2. The lowest BCUT2D eigenvalue weighted by Gasteiger charge is -2.17. The number of carbonyl (C=O) groups excluding carboxylic acids is 1. The number of hydrogen-bond acceptors (Lipinski definition) is 4. The van der Waals surface area contributed by atoms with Crippen LogP contribution in [0.1, 0.15) is 29.3 Å². The Labute approximate surface area is 153 Å². The molecule has 1 aromatic heterocycles. The Hall–Kier alpha value is -1.91. The molecule has 3 rings (SSSR count). The molecule has 1 atom stereocenters. The number of anilines is 1. The van der Waals surface area contributed by atoms with Gasteiger partial charge in [0.25, 0.3) is 0 Å². The van der Waals surface area contributed by atoms with Crippen molar-refractivity contribution in [2.45, 2.75) is 31.1 Å². The second-order valence-electron chi connectivity index (χ2n) is 6.08. The normalized spacial score (nSPS) is 16.2. The summed E-state index contributed by atoms with van der Waals surface area (Å²) < 4.78 is 26.1. The van der Waals surface area contributed by atoms with Crippen LogP contribution in [0.5, 0.6) is 0 Å². The van der Waals surface area contributed by atoms with Crippen LogP contribution in [0.4, 0.5) is 13.8 Å². The number of rotatable bonds is 4. The van der Waals surface area contributed by atoms with Gasteiger partial charge >= 0.3 is 0 Å². The minimum absolute atomic E-state index is 0.0644. The molecule has 130 valence electrons. The summed E-state index contributed by atoms with van der Waals surface area (Å²) in [6.45, 7) is 2.19. The van der Waals surface area contributed by atoms with E-state index in [1.165, 1.54) is 22.3 Å². The van der Waals surface area contributed by atoms with E-state index in [4.69, 9.17) is 0 Å². The summed E-state index contributed by atoms with van der Waals surface area (Å²) in [5.41, 5.74) is 1.63. The van der Waals surface area contributed by atoms with Gasteiger partial charge in [0.2, 0.25) is 5.91 Å². The molecule has 0 unspecified atom stereocenters. The Balaban J connectivity index is 1.67. The van der Waals surface area contributed by atoms with Crippen LogP contribution < -0.4 is 5.32 Å². The molecular weight excluding hydrogens is 362 g/mol. The van der Waals surface area contributed by atoms with Gasteiger partial charge in [0.15, 0.2) is 11.6 Å². The summed E-state index contributed by atoms with van der Waals surface area (Å²) in [6.07, 6.45) is 2.86. The zero-order valence-electron chi connectivity index (χ0n) is 13.6. The van der Waals surface area contributed by atoms with Crippen molar-refractivity contribution >= 4 is 34.0 Å². The highest BCUT2D eigenvalue weighted by Gasteiger charge is 2.24. The van der Waals surface area contributed by atoms with E-state index in [0.29, 0.717) is 21.4 Å². The summed E-state index contributed by atoms with van der Waals surface area (Å²) in [4.78, 5) is 13.8. The van der Waals surface area contributed by atoms with Crippen LogP contribution in [0.25, 0.3) is 0 Å². The lowest BCUT2D eigenvalue weighted by atomic mass is 9.89. The Bertz CT molecular complexity index is 857. The van der Waals surface area contributed by atoms with E-state index in [-0.39, 0.29) is 11.7 Å². The molecule has 1 N–H and O–H groups in total. The molecule has 0 aliphatic heterocycles. The highest BCUT2D eigenvalue weighted by molar-refractivity contribution is 8.00. The first-order chi connectivity index (χ1) is 12.0. The smallest absolute Gasteiger partial charge is 0.235 e. The van der Waals surface area contributed by atoms with E-state index >= 15 is 0 Å². The number of carbonyl (C=O) groups is 1. The maximum Gasteiger partial charge on any atom is 0.235 e. The molecule has 2 aromatic rings. The second-order valence-corrected chi connectivity index (χ2v) is 8.23. The van der Waals surface area contributed by atoms with E-state index in [2.05, 4.69) is 18.3 Å². The predicted octanol–water partition coefficient (Wildman–Crippen LogP) is 4.75. The van der Waals surface area contributed by atoms with Gasteiger partial charge < -0.3 is 5.32 Å². The molecule has 1 aliphatic carbocycles. The summed E-state index contributed by atoms with van der Waals surface area (Å²) >= 11 is 2.59. The fraction of sp³-hybridized carbons (Fsp3) is 0.333. The summed E-state index contributed by atoms with van der Waals surface area (Å²) in [7, 11) is 0. The third-order valence-electron chi connectivity index (χ3n) is 4.14. The zero-order chi connectivity index (χ0) is 18.0. The van der Waals surface area contributed by atoms with Crippen LogP contribution in [0, 0.1) is 28.9 Å². The molecule has 1 heterocycles.